The van der Waals surface area contributed by atoms with Gasteiger partial charge in [0.2, 0.25) is 0 Å². The van der Waals surface area contributed by atoms with Crippen LogP contribution in [-0.4, -0.2) is 11.0 Å². The third-order valence-electron chi connectivity index (χ3n) is 3.35. The van der Waals surface area contributed by atoms with Gasteiger partial charge in [-0.05, 0) is 53.7 Å². The van der Waals surface area contributed by atoms with E-state index in [1.807, 2.05) is 6.92 Å². The lowest BCUT2D eigenvalue weighted by Crippen LogP contribution is -2.31. The number of aromatic nitrogens is 1. The van der Waals surface area contributed by atoms with Crippen LogP contribution in [0.5, 0.6) is 0 Å². The number of rotatable bonds is 3. The average molecular weight is 323 g/mol. The van der Waals surface area contributed by atoms with Gasteiger partial charge >= 0.3 is 6.18 Å². The summed E-state index contributed by atoms with van der Waals surface area (Å²) in [5.41, 5.74) is -0.687. The number of halogens is 4. The Kier molecular flexibility index (Phi) is 3.84. The highest BCUT2D eigenvalue weighted by Crippen LogP contribution is 2.34. The molecule has 1 fully saturated rings. The van der Waals surface area contributed by atoms with Gasteiger partial charge < -0.3 is 5.32 Å². The summed E-state index contributed by atoms with van der Waals surface area (Å²) in [6.45, 7) is 1.99. The van der Waals surface area contributed by atoms with Crippen LogP contribution in [0.25, 0.3) is 0 Å². The molecule has 1 aromatic rings. The highest BCUT2D eigenvalue weighted by atomic mass is 79.9. The zero-order valence-corrected chi connectivity index (χ0v) is 11.5. The van der Waals surface area contributed by atoms with E-state index >= 15 is 0 Å². The fraction of sp³-hybridized carbons (Fsp3) is 0.583. The molecule has 6 heteroatoms. The van der Waals surface area contributed by atoms with Crippen molar-refractivity contribution in [3.63, 3.8) is 0 Å². The first kappa shape index (κ1) is 13.6. The molecule has 1 atom stereocenters. The Morgan fingerprint density at radius 3 is 2.56 bits per heavy atom. The van der Waals surface area contributed by atoms with Gasteiger partial charge in [0.1, 0.15) is 10.4 Å². The van der Waals surface area contributed by atoms with E-state index < -0.39 is 11.7 Å². The molecule has 1 N–H and O–H groups in total. The lowest BCUT2D eigenvalue weighted by Gasteiger charge is -2.32. The minimum Gasteiger partial charge on any atom is -0.367 e. The van der Waals surface area contributed by atoms with Crippen LogP contribution in [0.2, 0.25) is 0 Å². The van der Waals surface area contributed by atoms with Crippen LogP contribution in [0.1, 0.15) is 31.7 Å². The predicted octanol–water partition coefficient (Wildman–Crippen LogP) is 4.46. The molecular weight excluding hydrogens is 309 g/mol. The number of hydrogen-bond acceptors (Lipinski definition) is 2. The van der Waals surface area contributed by atoms with E-state index in [1.165, 1.54) is 6.42 Å². The molecule has 1 aliphatic rings. The molecule has 1 aliphatic carbocycles. The summed E-state index contributed by atoms with van der Waals surface area (Å²) in [5.74, 6) is 0.816. The molecule has 18 heavy (non-hydrogen) atoms. The van der Waals surface area contributed by atoms with Crippen molar-refractivity contribution in [3.05, 3.63) is 22.3 Å². The average Bonchev–Trinajstić information content (AvgIpc) is 2.11. The van der Waals surface area contributed by atoms with Crippen molar-refractivity contribution < 1.29 is 13.2 Å². The third kappa shape index (κ3) is 3.16. The van der Waals surface area contributed by atoms with Crippen LogP contribution in [0, 0.1) is 5.92 Å². The Balaban J connectivity index is 2.14. The number of pyridine rings is 1. The highest BCUT2D eigenvalue weighted by molar-refractivity contribution is 9.10. The first-order valence-electron chi connectivity index (χ1n) is 5.87. The minimum absolute atomic E-state index is 0.154. The molecule has 1 unspecified atom stereocenters. The molecule has 2 rings (SSSR count). The van der Waals surface area contributed by atoms with Crippen LogP contribution in [0.3, 0.4) is 0 Å². The molecule has 100 valence electrons. The van der Waals surface area contributed by atoms with Crippen molar-refractivity contribution in [1.29, 1.82) is 0 Å². The van der Waals surface area contributed by atoms with Gasteiger partial charge in [0.05, 0.1) is 5.56 Å². The second-order valence-corrected chi connectivity index (χ2v) is 5.50. The van der Waals surface area contributed by atoms with E-state index in [1.54, 1.807) is 0 Å². The summed E-state index contributed by atoms with van der Waals surface area (Å²) in [5, 5.41) is 3.06. The SMILES string of the molecule is CC(Nc1cc(C(F)(F)F)cc(Br)n1)C1CCC1. The number of nitrogens with one attached hydrogen (secondary N) is 1. The van der Waals surface area contributed by atoms with E-state index in [0.717, 1.165) is 25.0 Å². The second kappa shape index (κ2) is 5.07. The lowest BCUT2D eigenvalue weighted by molar-refractivity contribution is -0.137. The quantitative estimate of drug-likeness (QED) is 0.831. The summed E-state index contributed by atoms with van der Waals surface area (Å²) in [7, 11) is 0. The van der Waals surface area contributed by atoms with E-state index in [-0.39, 0.29) is 16.5 Å². The van der Waals surface area contributed by atoms with Gasteiger partial charge in [0, 0.05) is 6.04 Å². The molecule has 0 saturated heterocycles. The molecule has 1 aromatic heterocycles. The molecule has 0 aliphatic heterocycles. The van der Waals surface area contributed by atoms with Gasteiger partial charge in [-0.15, -0.1) is 0 Å². The lowest BCUT2D eigenvalue weighted by atomic mass is 9.80. The maximum atomic E-state index is 12.6. The Hall–Kier alpha value is -0.780. The van der Waals surface area contributed by atoms with E-state index in [4.69, 9.17) is 0 Å². The molecule has 1 saturated carbocycles. The zero-order chi connectivity index (χ0) is 13.3. The smallest absolute Gasteiger partial charge is 0.367 e. The van der Waals surface area contributed by atoms with Crippen LogP contribution in [0.15, 0.2) is 16.7 Å². The Bertz CT molecular complexity index is 430. The minimum atomic E-state index is -4.35. The van der Waals surface area contributed by atoms with E-state index in [2.05, 4.69) is 26.2 Å². The molecule has 0 radical (unpaired) electrons. The predicted molar refractivity (Wildman–Crippen MR) is 67.4 cm³/mol. The maximum absolute atomic E-state index is 12.6. The van der Waals surface area contributed by atoms with Crippen molar-refractivity contribution in [2.24, 2.45) is 5.92 Å². The Morgan fingerprint density at radius 2 is 2.06 bits per heavy atom. The third-order valence-corrected chi connectivity index (χ3v) is 3.76. The normalized spacial score (nSPS) is 18.3. The second-order valence-electron chi connectivity index (χ2n) is 4.69. The summed E-state index contributed by atoms with van der Waals surface area (Å²) < 4.78 is 38.1. The highest BCUT2D eigenvalue weighted by Gasteiger charge is 2.32. The molecule has 0 aromatic carbocycles. The van der Waals surface area contributed by atoms with Gasteiger partial charge in [-0.25, -0.2) is 4.98 Å². The van der Waals surface area contributed by atoms with Gasteiger partial charge in [-0.1, -0.05) is 6.42 Å². The standard InChI is InChI=1S/C12H14BrF3N2/c1-7(8-3-2-4-8)17-11-6-9(12(14,15)16)5-10(13)18-11/h5-8H,2-4H2,1H3,(H,17,18). The van der Waals surface area contributed by atoms with Crippen molar-refractivity contribution in [2.45, 2.75) is 38.4 Å². The van der Waals surface area contributed by atoms with Crippen LogP contribution in [-0.2, 0) is 6.18 Å². The van der Waals surface area contributed by atoms with Crippen molar-refractivity contribution >= 4 is 21.7 Å². The molecule has 0 amide bonds. The molecule has 0 bridgehead atoms. The monoisotopic (exact) mass is 322 g/mol. The molecule has 2 nitrogen and oxygen atoms in total. The fourth-order valence-electron chi connectivity index (χ4n) is 2.03. The van der Waals surface area contributed by atoms with Gasteiger partial charge in [-0.2, -0.15) is 13.2 Å². The van der Waals surface area contributed by atoms with E-state index in [9.17, 15) is 13.2 Å². The van der Waals surface area contributed by atoms with Crippen molar-refractivity contribution in [2.75, 3.05) is 5.32 Å². The number of nitrogens with zero attached hydrogens (tertiary/aromatic N) is 1. The van der Waals surface area contributed by atoms with Gasteiger partial charge in [0.25, 0.3) is 0 Å². The van der Waals surface area contributed by atoms with Gasteiger partial charge in [-0.3, -0.25) is 0 Å². The Morgan fingerprint density at radius 1 is 1.39 bits per heavy atom. The van der Waals surface area contributed by atoms with Crippen molar-refractivity contribution in [1.82, 2.24) is 4.98 Å². The largest absolute Gasteiger partial charge is 0.416 e. The van der Waals surface area contributed by atoms with Crippen LogP contribution < -0.4 is 5.32 Å². The van der Waals surface area contributed by atoms with Gasteiger partial charge in [0.15, 0.2) is 0 Å². The van der Waals surface area contributed by atoms with Crippen LogP contribution in [0.4, 0.5) is 19.0 Å². The topological polar surface area (TPSA) is 24.9 Å². The van der Waals surface area contributed by atoms with Crippen LogP contribution >= 0.6 is 15.9 Å². The maximum Gasteiger partial charge on any atom is 0.416 e. The fourth-order valence-corrected chi connectivity index (χ4v) is 2.46. The zero-order valence-electron chi connectivity index (χ0n) is 9.89. The van der Waals surface area contributed by atoms with Crippen molar-refractivity contribution in [3.8, 4) is 0 Å². The Labute approximate surface area is 112 Å². The molecular formula is C12H14BrF3N2. The summed E-state index contributed by atoms with van der Waals surface area (Å²) in [6.07, 6.45) is -0.874. The number of anilines is 1. The molecule has 0 spiro atoms. The summed E-state index contributed by atoms with van der Waals surface area (Å²) in [6, 6.07) is 2.20. The number of hydrogen-bond donors (Lipinski definition) is 1. The van der Waals surface area contributed by atoms with E-state index in [0.29, 0.717) is 5.92 Å². The molecule has 1 heterocycles. The summed E-state index contributed by atoms with van der Waals surface area (Å²) >= 11 is 3.01. The summed E-state index contributed by atoms with van der Waals surface area (Å²) in [4.78, 5) is 4.03. The first-order valence-corrected chi connectivity index (χ1v) is 6.67. The number of alkyl halides is 3. The first-order chi connectivity index (χ1) is 8.36.